The number of nitrogens with two attached hydrogens (primary N) is 1. The van der Waals surface area contributed by atoms with Crippen LogP contribution >= 0.6 is 34.2 Å². The summed E-state index contributed by atoms with van der Waals surface area (Å²) in [4.78, 5) is 12.8. The average Bonchev–Trinajstić information content (AvgIpc) is 2.43. The van der Waals surface area contributed by atoms with E-state index in [-0.39, 0.29) is 10.7 Å². The Morgan fingerprint density at radius 1 is 1.22 bits per heavy atom. The van der Waals surface area contributed by atoms with Crippen LogP contribution in [0.1, 0.15) is 53.2 Å². The summed E-state index contributed by atoms with van der Waals surface area (Å²) in [6.07, 6.45) is -0.727. The summed E-state index contributed by atoms with van der Waals surface area (Å²) in [6.45, 7) is 16.0. The zero-order valence-electron chi connectivity index (χ0n) is 17.3. The number of hydrazone groups is 1. The molecule has 2 N–H and O–H groups in total. The van der Waals surface area contributed by atoms with Gasteiger partial charge >= 0.3 is 5.97 Å². The summed E-state index contributed by atoms with van der Waals surface area (Å²) in [5, 5.41) is 4.33. The molecule has 0 spiro atoms. The van der Waals surface area contributed by atoms with Crippen LogP contribution in [0.15, 0.2) is 23.3 Å². The molecule has 1 rings (SSSR count). The number of halogens is 2. The Balaban J connectivity index is 3.47. The van der Waals surface area contributed by atoms with Gasteiger partial charge in [-0.05, 0) is 79.2 Å². The first-order chi connectivity index (χ1) is 12.1. The molecule has 0 fully saturated rings. The molecule has 1 aromatic carbocycles. The maximum Gasteiger partial charge on any atom is 0.358 e. The summed E-state index contributed by atoms with van der Waals surface area (Å²) >= 11 is 8.29. The number of hydrogen-bond acceptors (Lipinski definition) is 5. The fraction of sp³-hybridized carbons (Fsp3) is 0.579. The Labute approximate surface area is 182 Å². The van der Waals surface area contributed by atoms with Crippen molar-refractivity contribution < 1.29 is 14.0 Å². The predicted octanol–water partition coefficient (Wildman–Crippen LogP) is 5.66. The molecule has 0 amide bonds. The Bertz CT molecular complexity index is 725. The highest BCUT2D eigenvalue weighted by Crippen LogP contribution is 2.41. The molecule has 1 aromatic rings. The third-order valence-corrected chi connectivity index (χ3v) is 10.1. The van der Waals surface area contributed by atoms with Crippen molar-refractivity contribution in [2.24, 2.45) is 10.9 Å². The molecule has 5 nitrogen and oxygen atoms in total. The number of benzene rings is 1. The maximum absolute atomic E-state index is 12.8. The standard InChI is InChI=1S/C19H30ClIN2O3Si/c1-18(2,3)25-17(24)15(23-22)16(26-27(7,8)19(4,5)6)13-10-9-12(20)11-14(13)21/h9-11,16H,22H2,1-8H3/b23-15+. The van der Waals surface area contributed by atoms with E-state index in [1.807, 2.05) is 12.1 Å². The highest BCUT2D eigenvalue weighted by molar-refractivity contribution is 14.1. The molecule has 0 radical (unpaired) electrons. The summed E-state index contributed by atoms with van der Waals surface area (Å²) in [5.41, 5.74) is 0.177. The fourth-order valence-electron chi connectivity index (χ4n) is 2.01. The van der Waals surface area contributed by atoms with Crippen LogP contribution in [0.2, 0.25) is 23.2 Å². The first-order valence-corrected chi connectivity index (χ1v) is 13.1. The molecule has 8 heteroatoms. The number of hydrogen-bond donors (Lipinski definition) is 1. The van der Waals surface area contributed by atoms with E-state index in [1.165, 1.54) is 0 Å². The molecule has 1 unspecified atom stereocenters. The van der Waals surface area contributed by atoms with Crippen LogP contribution < -0.4 is 5.84 Å². The van der Waals surface area contributed by atoms with E-state index in [1.54, 1.807) is 26.8 Å². The van der Waals surface area contributed by atoms with E-state index in [0.717, 1.165) is 9.13 Å². The quantitative estimate of drug-likeness (QED) is 0.135. The van der Waals surface area contributed by atoms with Crippen LogP contribution in [-0.4, -0.2) is 25.6 Å². The Morgan fingerprint density at radius 3 is 2.19 bits per heavy atom. The molecule has 0 saturated heterocycles. The molecular formula is C19H30ClIN2O3Si. The second kappa shape index (κ2) is 8.80. The lowest BCUT2D eigenvalue weighted by molar-refractivity contribution is -0.146. The van der Waals surface area contributed by atoms with E-state index in [4.69, 9.17) is 26.6 Å². The van der Waals surface area contributed by atoms with Crippen molar-refractivity contribution in [2.75, 3.05) is 0 Å². The van der Waals surface area contributed by atoms with Gasteiger partial charge in [0.1, 0.15) is 11.7 Å². The molecule has 0 aliphatic rings. The number of esters is 1. The molecule has 1 atom stereocenters. The second-order valence-electron chi connectivity index (χ2n) is 8.94. The Hall–Kier alpha value is -0.643. The topological polar surface area (TPSA) is 73.9 Å². The van der Waals surface area contributed by atoms with Gasteiger partial charge in [-0.1, -0.05) is 38.4 Å². The van der Waals surface area contributed by atoms with Crippen LogP contribution in [0.25, 0.3) is 0 Å². The highest BCUT2D eigenvalue weighted by Gasteiger charge is 2.42. The highest BCUT2D eigenvalue weighted by atomic mass is 127. The predicted molar refractivity (Wildman–Crippen MR) is 123 cm³/mol. The molecule has 152 valence electrons. The Kier molecular flexibility index (Phi) is 7.95. The zero-order chi connectivity index (χ0) is 21.2. The van der Waals surface area contributed by atoms with Gasteiger partial charge in [0.15, 0.2) is 14.0 Å². The summed E-state index contributed by atoms with van der Waals surface area (Å²) in [7, 11) is -2.25. The third kappa shape index (κ3) is 6.72. The van der Waals surface area contributed by atoms with Crippen molar-refractivity contribution in [2.45, 2.75) is 71.4 Å². The van der Waals surface area contributed by atoms with E-state index < -0.39 is 26.0 Å². The molecule has 0 heterocycles. The minimum atomic E-state index is -2.25. The molecule has 27 heavy (non-hydrogen) atoms. The van der Waals surface area contributed by atoms with Gasteiger partial charge in [-0.2, -0.15) is 5.10 Å². The largest absolute Gasteiger partial charge is 0.455 e. The van der Waals surface area contributed by atoms with Gasteiger partial charge in [0.05, 0.1) is 0 Å². The van der Waals surface area contributed by atoms with Crippen molar-refractivity contribution >= 4 is 54.2 Å². The smallest absolute Gasteiger partial charge is 0.358 e. The third-order valence-electron chi connectivity index (χ3n) is 4.46. The van der Waals surface area contributed by atoms with Crippen molar-refractivity contribution in [1.29, 1.82) is 0 Å². The van der Waals surface area contributed by atoms with Crippen molar-refractivity contribution in [3.05, 3.63) is 32.4 Å². The molecule has 0 aliphatic carbocycles. The molecular weight excluding hydrogens is 495 g/mol. The fourth-order valence-corrected chi connectivity index (χ4v) is 4.35. The molecule has 0 aliphatic heterocycles. The minimum Gasteiger partial charge on any atom is -0.455 e. The van der Waals surface area contributed by atoms with Gasteiger partial charge in [0, 0.05) is 8.59 Å². The number of carbonyl (C=O) groups is 1. The number of rotatable bonds is 5. The normalized spacial score (nSPS) is 14.8. The van der Waals surface area contributed by atoms with Gasteiger partial charge in [-0.3, -0.25) is 0 Å². The van der Waals surface area contributed by atoms with Gasteiger partial charge in [0.2, 0.25) is 0 Å². The number of ether oxygens (including phenoxy) is 1. The summed E-state index contributed by atoms with van der Waals surface area (Å²) < 4.78 is 13.0. The van der Waals surface area contributed by atoms with E-state index in [0.29, 0.717) is 5.02 Å². The van der Waals surface area contributed by atoms with Crippen LogP contribution in [0, 0.1) is 3.57 Å². The van der Waals surface area contributed by atoms with Crippen LogP contribution in [0.3, 0.4) is 0 Å². The lowest BCUT2D eigenvalue weighted by atomic mass is 10.0. The monoisotopic (exact) mass is 524 g/mol. The van der Waals surface area contributed by atoms with E-state index in [2.05, 4.69) is 61.6 Å². The Morgan fingerprint density at radius 2 is 1.78 bits per heavy atom. The molecule has 0 aromatic heterocycles. The lowest BCUT2D eigenvalue weighted by Gasteiger charge is -2.39. The van der Waals surface area contributed by atoms with E-state index >= 15 is 0 Å². The van der Waals surface area contributed by atoms with Crippen LogP contribution in [0.5, 0.6) is 0 Å². The molecule has 0 saturated carbocycles. The summed E-state index contributed by atoms with van der Waals surface area (Å²) in [5.74, 6) is 5.05. The lowest BCUT2D eigenvalue weighted by Crippen LogP contribution is -2.45. The van der Waals surface area contributed by atoms with Crippen LogP contribution in [0.4, 0.5) is 0 Å². The summed E-state index contributed by atoms with van der Waals surface area (Å²) in [6, 6.07) is 5.43. The SMILES string of the molecule is CC(C)(C)OC(=O)/C(=N/N)C(O[Si](C)(C)C(C)(C)C)c1ccc(Cl)cc1I. The molecule has 0 bridgehead atoms. The number of carbonyl (C=O) groups excluding carboxylic acids is 1. The van der Waals surface area contributed by atoms with Gasteiger partial charge in [-0.15, -0.1) is 0 Å². The maximum atomic E-state index is 12.8. The zero-order valence-corrected chi connectivity index (χ0v) is 21.2. The second-order valence-corrected chi connectivity index (χ2v) is 15.3. The van der Waals surface area contributed by atoms with Gasteiger partial charge in [0.25, 0.3) is 0 Å². The van der Waals surface area contributed by atoms with E-state index in [9.17, 15) is 4.79 Å². The first-order valence-electron chi connectivity index (χ1n) is 8.73. The van der Waals surface area contributed by atoms with Crippen molar-refractivity contribution in [3.63, 3.8) is 0 Å². The average molecular weight is 525 g/mol. The van der Waals surface area contributed by atoms with Crippen molar-refractivity contribution in [1.82, 2.24) is 0 Å². The van der Waals surface area contributed by atoms with Gasteiger partial charge < -0.3 is 15.0 Å². The first kappa shape index (κ1) is 24.4. The van der Waals surface area contributed by atoms with Crippen molar-refractivity contribution in [3.8, 4) is 0 Å². The number of nitrogens with zero attached hydrogens (tertiary/aromatic N) is 1. The van der Waals surface area contributed by atoms with Crippen LogP contribution in [-0.2, 0) is 14.0 Å². The minimum absolute atomic E-state index is 0.0509. The van der Waals surface area contributed by atoms with Gasteiger partial charge in [-0.25, -0.2) is 4.79 Å².